The summed E-state index contributed by atoms with van der Waals surface area (Å²) in [7, 11) is -3.38. The van der Waals surface area contributed by atoms with E-state index in [1.165, 1.54) is 9.71 Å². The van der Waals surface area contributed by atoms with Gasteiger partial charge in [-0.1, -0.05) is 30.3 Å². The second kappa shape index (κ2) is 5.31. The highest BCUT2D eigenvalue weighted by atomic mass is 32.2. The van der Waals surface area contributed by atoms with Gasteiger partial charge in [-0.3, -0.25) is 0 Å². The molecule has 1 saturated heterocycles. The average Bonchev–Trinajstić information content (AvgIpc) is 3.01. The molecule has 20 heavy (non-hydrogen) atoms. The van der Waals surface area contributed by atoms with Crippen molar-refractivity contribution in [2.45, 2.75) is 18.9 Å². The van der Waals surface area contributed by atoms with E-state index >= 15 is 0 Å². The van der Waals surface area contributed by atoms with Gasteiger partial charge in [0.05, 0.1) is 6.10 Å². The molecule has 108 valence electrons. The van der Waals surface area contributed by atoms with E-state index in [0.29, 0.717) is 19.0 Å². The van der Waals surface area contributed by atoms with E-state index in [0.717, 1.165) is 18.4 Å². The molecule has 1 heterocycles. The molecule has 0 spiro atoms. The Bertz CT molecular complexity index is 597. The van der Waals surface area contributed by atoms with Crippen molar-refractivity contribution in [1.82, 2.24) is 4.31 Å². The van der Waals surface area contributed by atoms with Crippen molar-refractivity contribution in [2.24, 2.45) is 11.8 Å². The first kappa shape index (κ1) is 13.8. The fraction of sp³-hybridized carbons (Fsp3) is 0.467. The van der Waals surface area contributed by atoms with Crippen molar-refractivity contribution in [3.8, 4) is 0 Å². The summed E-state index contributed by atoms with van der Waals surface area (Å²) >= 11 is 0. The smallest absolute Gasteiger partial charge is 0.236 e. The van der Waals surface area contributed by atoms with Gasteiger partial charge >= 0.3 is 0 Å². The van der Waals surface area contributed by atoms with Crippen LogP contribution in [0.15, 0.2) is 35.7 Å². The van der Waals surface area contributed by atoms with Crippen LogP contribution >= 0.6 is 0 Å². The van der Waals surface area contributed by atoms with E-state index in [2.05, 4.69) is 0 Å². The van der Waals surface area contributed by atoms with E-state index < -0.39 is 10.0 Å². The van der Waals surface area contributed by atoms with Crippen LogP contribution in [0.5, 0.6) is 0 Å². The van der Waals surface area contributed by atoms with Gasteiger partial charge < -0.3 is 5.11 Å². The van der Waals surface area contributed by atoms with Crippen molar-refractivity contribution in [2.75, 3.05) is 13.1 Å². The first-order valence-electron chi connectivity index (χ1n) is 6.97. The second-order valence-corrected chi connectivity index (χ2v) is 7.46. The van der Waals surface area contributed by atoms with Gasteiger partial charge in [0.15, 0.2) is 0 Å². The molecule has 1 aromatic carbocycles. The lowest BCUT2D eigenvalue weighted by Crippen LogP contribution is -2.29. The number of hydrogen-bond donors (Lipinski definition) is 1. The molecule has 0 radical (unpaired) electrons. The summed E-state index contributed by atoms with van der Waals surface area (Å²) in [5, 5.41) is 11.1. The molecule has 1 saturated carbocycles. The van der Waals surface area contributed by atoms with Gasteiger partial charge in [0.1, 0.15) is 0 Å². The van der Waals surface area contributed by atoms with Crippen molar-refractivity contribution < 1.29 is 13.5 Å². The molecule has 3 atom stereocenters. The molecule has 1 aromatic rings. The Morgan fingerprint density at radius 2 is 1.90 bits per heavy atom. The third-order valence-electron chi connectivity index (χ3n) is 4.38. The minimum atomic E-state index is -3.38. The van der Waals surface area contributed by atoms with Crippen LogP contribution in [0, 0.1) is 11.8 Å². The van der Waals surface area contributed by atoms with E-state index in [4.69, 9.17) is 0 Å². The van der Waals surface area contributed by atoms with Crippen molar-refractivity contribution in [1.29, 1.82) is 0 Å². The molecule has 2 aliphatic rings. The number of nitrogens with zero attached hydrogens (tertiary/aromatic N) is 1. The number of benzene rings is 1. The number of sulfonamides is 1. The first-order chi connectivity index (χ1) is 9.56. The third-order valence-corrected chi connectivity index (χ3v) is 5.88. The minimum Gasteiger partial charge on any atom is -0.393 e. The van der Waals surface area contributed by atoms with Crippen molar-refractivity contribution >= 4 is 16.1 Å². The first-order valence-corrected chi connectivity index (χ1v) is 8.48. The Morgan fingerprint density at radius 1 is 1.15 bits per heavy atom. The normalized spacial score (nSPS) is 30.9. The van der Waals surface area contributed by atoms with Crippen LogP contribution in [0.25, 0.3) is 6.08 Å². The topological polar surface area (TPSA) is 57.6 Å². The molecule has 0 aromatic heterocycles. The molecule has 1 aliphatic heterocycles. The average molecular weight is 293 g/mol. The zero-order chi connectivity index (χ0) is 14.2. The highest BCUT2D eigenvalue weighted by Gasteiger charge is 2.44. The highest BCUT2D eigenvalue weighted by Crippen LogP contribution is 2.39. The zero-order valence-corrected chi connectivity index (χ0v) is 12.0. The van der Waals surface area contributed by atoms with Crippen LogP contribution in [0.1, 0.15) is 18.4 Å². The predicted molar refractivity (Wildman–Crippen MR) is 78.2 cm³/mol. The highest BCUT2D eigenvalue weighted by molar-refractivity contribution is 7.92. The minimum absolute atomic E-state index is 0.120. The molecule has 1 N–H and O–H groups in total. The van der Waals surface area contributed by atoms with E-state index in [1.54, 1.807) is 6.08 Å². The molecule has 3 rings (SSSR count). The molecule has 5 heteroatoms. The summed E-state index contributed by atoms with van der Waals surface area (Å²) in [6.45, 7) is 0.997. The lowest BCUT2D eigenvalue weighted by molar-refractivity contribution is 0.129. The fourth-order valence-electron chi connectivity index (χ4n) is 3.22. The van der Waals surface area contributed by atoms with E-state index in [9.17, 15) is 13.5 Å². The molecule has 2 fully saturated rings. The number of hydrogen-bond acceptors (Lipinski definition) is 3. The molecule has 0 bridgehead atoms. The summed E-state index contributed by atoms with van der Waals surface area (Å²) in [5.74, 6) is 0.444. The van der Waals surface area contributed by atoms with Crippen LogP contribution in [-0.2, 0) is 10.0 Å². The summed E-state index contributed by atoms with van der Waals surface area (Å²) < 4.78 is 26.1. The van der Waals surface area contributed by atoms with Crippen molar-refractivity contribution in [3.05, 3.63) is 41.3 Å². The number of rotatable bonds is 3. The Hall–Kier alpha value is -1.17. The lowest BCUT2D eigenvalue weighted by Gasteiger charge is -2.15. The van der Waals surface area contributed by atoms with Gasteiger partial charge in [-0.05, 0) is 30.4 Å². The van der Waals surface area contributed by atoms with Crippen LogP contribution in [-0.4, -0.2) is 37.0 Å². The number of aliphatic hydroxyl groups is 1. The third kappa shape index (κ3) is 2.66. The Kier molecular flexibility index (Phi) is 3.67. The van der Waals surface area contributed by atoms with Crippen LogP contribution in [0.4, 0.5) is 0 Å². The maximum atomic E-state index is 12.3. The summed E-state index contributed by atoms with van der Waals surface area (Å²) in [5.41, 5.74) is 0.871. The fourth-order valence-corrected chi connectivity index (χ4v) is 4.50. The Balaban J connectivity index is 1.72. The van der Waals surface area contributed by atoms with Gasteiger partial charge in [0, 0.05) is 24.4 Å². The van der Waals surface area contributed by atoms with E-state index in [-0.39, 0.29) is 12.0 Å². The Labute approximate surface area is 119 Å². The molecule has 3 unspecified atom stereocenters. The quantitative estimate of drug-likeness (QED) is 0.922. The lowest BCUT2D eigenvalue weighted by atomic mass is 10.00. The number of aliphatic hydroxyl groups excluding tert-OH is 1. The maximum Gasteiger partial charge on any atom is 0.236 e. The predicted octanol–water partition coefficient (Wildman–Crippen LogP) is 1.69. The standard InChI is InChI=1S/C15H19NO3S/c17-15-7-6-13-10-16(11-14(13)15)20(18,19)9-8-12-4-2-1-3-5-12/h1-5,8-9,13-15,17H,6-7,10-11H2/b9-8+. The van der Waals surface area contributed by atoms with Gasteiger partial charge in [0.25, 0.3) is 0 Å². The molecular formula is C15H19NO3S. The second-order valence-electron chi connectivity index (χ2n) is 5.64. The monoisotopic (exact) mass is 293 g/mol. The van der Waals surface area contributed by atoms with E-state index in [1.807, 2.05) is 30.3 Å². The summed E-state index contributed by atoms with van der Waals surface area (Å²) in [6, 6.07) is 9.39. The largest absolute Gasteiger partial charge is 0.393 e. The molecule has 4 nitrogen and oxygen atoms in total. The summed E-state index contributed by atoms with van der Waals surface area (Å²) in [4.78, 5) is 0. The maximum absolute atomic E-state index is 12.3. The van der Waals surface area contributed by atoms with Gasteiger partial charge in [0.2, 0.25) is 10.0 Å². The van der Waals surface area contributed by atoms with Gasteiger partial charge in [-0.25, -0.2) is 8.42 Å². The number of fused-ring (bicyclic) bond motifs is 1. The van der Waals surface area contributed by atoms with Gasteiger partial charge in [-0.15, -0.1) is 0 Å². The SMILES string of the molecule is O=S(=O)(/C=C/c1ccccc1)N1CC2CCC(O)C2C1. The molecule has 1 aliphatic carbocycles. The van der Waals surface area contributed by atoms with Crippen LogP contribution < -0.4 is 0 Å². The van der Waals surface area contributed by atoms with Gasteiger partial charge in [-0.2, -0.15) is 4.31 Å². The summed E-state index contributed by atoms with van der Waals surface area (Å²) in [6.07, 6.45) is 3.03. The molecular weight excluding hydrogens is 274 g/mol. The Morgan fingerprint density at radius 3 is 2.60 bits per heavy atom. The van der Waals surface area contributed by atoms with Crippen molar-refractivity contribution in [3.63, 3.8) is 0 Å². The molecule has 0 amide bonds. The zero-order valence-electron chi connectivity index (χ0n) is 11.2. The van der Waals surface area contributed by atoms with Crippen LogP contribution in [0.3, 0.4) is 0 Å². The van der Waals surface area contributed by atoms with Crippen LogP contribution in [0.2, 0.25) is 0 Å².